The fraction of sp³-hybridized carbons (Fsp3) is 0.586. The minimum atomic E-state index is 0. The molecule has 2 aromatic carbocycles. The van der Waals surface area contributed by atoms with E-state index >= 15 is 0 Å². The topological polar surface area (TPSA) is 33.7 Å². The highest BCUT2D eigenvalue weighted by molar-refractivity contribution is 5.85. The van der Waals surface area contributed by atoms with Crippen molar-refractivity contribution in [1.29, 1.82) is 0 Å². The lowest BCUT2D eigenvalue weighted by Crippen LogP contribution is -2.53. The van der Waals surface area contributed by atoms with Gasteiger partial charge < -0.3 is 14.8 Å². The standard InChI is InChI=1S/C20H25NO.C7H15NO.C2H6.ClH/c1-16(2)15-22-19-13-21(14-19)20(17-9-5-3-6-10-17)18-11-7-4-8-12-18;1-6(2)5-9-7-3-8-4-7;1-2;/h3-12,16,19-20H,13-15H2,1-2H3;6-8H,3-5H2,1-2H3;1-2H3;1H. The van der Waals surface area contributed by atoms with Crippen molar-refractivity contribution in [2.75, 3.05) is 39.4 Å². The van der Waals surface area contributed by atoms with Crippen molar-refractivity contribution < 1.29 is 9.47 Å². The zero-order valence-electron chi connectivity index (χ0n) is 22.1. The summed E-state index contributed by atoms with van der Waals surface area (Å²) in [5.41, 5.74) is 2.71. The molecule has 0 saturated carbocycles. The predicted molar refractivity (Wildman–Crippen MR) is 147 cm³/mol. The zero-order valence-corrected chi connectivity index (χ0v) is 22.9. The first-order valence-corrected chi connectivity index (χ1v) is 12.8. The van der Waals surface area contributed by atoms with Gasteiger partial charge in [-0.25, -0.2) is 0 Å². The molecular formula is C29H47ClN2O2. The summed E-state index contributed by atoms with van der Waals surface area (Å²) in [7, 11) is 0. The third kappa shape index (κ3) is 10.5. The molecule has 0 radical (unpaired) electrons. The van der Waals surface area contributed by atoms with Crippen LogP contribution in [-0.2, 0) is 9.47 Å². The summed E-state index contributed by atoms with van der Waals surface area (Å²) in [6.07, 6.45) is 0.893. The SMILES string of the molecule is CC.CC(C)COC1CN(C(c2ccccc2)c2ccccc2)C1.CC(C)COC1CNC1.Cl. The molecular weight excluding hydrogens is 444 g/mol. The van der Waals surface area contributed by atoms with Gasteiger partial charge in [-0.2, -0.15) is 0 Å². The zero-order chi connectivity index (χ0) is 24.1. The molecule has 0 bridgehead atoms. The summed E-state index contributed by atoms with van der Waals surface area (Å²) in [4.78, 5) is 2.51. The van der Waals surface area contributed by atoms with E-state index in [9.17, 15) is 0 Å². The first-order chi connectivity index (χ1) is 16.0. The molecule has 2 aromatic rings. The second kappa shape index (κ2) is 17.1. The molecule has 2 aliphatic rings. The Bertz CT molecular complexity index is 693. The van der Waals surface area contributed by atoms with Crippen LogP contribution in [-0.4, -0.2) is 56.5 Å². The molecule has 2 aliphatic heterocycles. The first kappa shape index (κ1) is 30.6. The first-order valence-electron chi connectivity index (χ1n) is 12.8. The summed E-state index contributed by atoms with van der Waals surface area (Å²) >= 11 is 0. The van der Waals surface area contributed by atoms with Gasteiger partial charge >= 0.3 is 0 Å². The molecule has 0 aromatic heterocycles. The lowest BCUT2D eigenvalue weighted by molar-refractivity contribution is -0.0738. The van der Waals surface area contributed by atoms with Gasteiger partial charge in [-0.05, 0) is 23.0 Å². The van der Waals surface area contributed by atoms with Crippen LogP contribution in [0.1, 0.15) is 58.7 Å². The van der Waals surface area contributed by atoms with Crippen molar-refractivity contribution >= 4 is 12.4 Å². The van der Waals surface area contributed by atoms with Crippen molar-refractivity contribution in [3.63, 3.8) is 0 Å². The number of ether oxygens (including phenoxy) is 2. The third-order valence-electron chi connectivity index (χ3n) is 5.55. The minimum absolute atomic E-state index is 0. The van der Waals surface area contributed by atoms with Crippen molar-refractivity contribution in [3.05, 3.63) is 71.8 Å². The Hall–Kier alpha value is -1.43. The highest BCUT2D eigenvalue weighted by atomic mass is 35.5. The van der Waals surface area contributed by atoms with Crippen LogP contribution in [0, 0.1) is 11.8 Å². The predicted octanol–water partition coefficient (Wildman–Crippen LogP) is 6.21. The molecule has 192 valence electrons. The number of rotatable bonds is 9. The average Bonchev–Trinajstić information content (AvgIpc) is 2.77. The van der Waals surface area contributed by atoms with Crippen LogP contribution in [0.4, 0.5) is 0 Å². The Morgan fingerprint density at radius 1 is 0.735 bits per heavy atom. The lowest BCUT2D eigenvalue weighted by Gasteiger charge is -2.44. The fourth-order valence-electron chi connectivity index (χ4n) is 3.71. The van der Waals surface area contributed by atoms with Gasteiger partial charge in [0.2, 0.25) is 0 Å². The van der Waals surface area contributed by atoms with Gasteiger partial charge in [0.1, 0.15) is 0 Å². The number of nitrogens with zero attached hydrogens (tertiary/aromatic N) is 1. The van der Waals surface area contributed by atoms with Crippen molar-refractivity contribution in [2.45, 2.75) is 59.8 Å². The number of hydrogen-bond acceptors (Lipinski definition) is 4. The smallest absolute Gasteiger partial charge is 0.0829 e. The van der Waals surface area contributed by atoms with E-state index in [-0.39, 0.29) is 12.4 Å². The molecule has 4 rings (SSSR count). The average molecular weight is 491 g/mol. The van der Waals surface area contributed by atoms with Gasteiger partial charge in [0.15, 0.2) is 0 Å². The summed E-state index contributed by atoms with van der Waals surface area (Å²) in [6, 6.07) is 21.9. The summed E-state index contributed by atoms with van der Waals surface area (Å²) in [6.45, 7) is 18.6. The molecule has 2 saturated heterocycles. The molecule has 0 amide bonds. The van der Waals surface area contributed by atoms with Gasteiger partial charge in [0.05, 0.1) is 18.2 Å². The van der Waals surface area contributed by atoms with Crippen molar-refractivity contribution in [1.82, 2.24) is 10.2 Å². The van der Waals surface area contributed by atoms with Gasteiger partial charge in [-0.3, -0.25) is 4.90 Å². The van der Waals surface area contributed by atoms with Crippen LogP contribution >= 0.6 is 12.4 Å². The maximum Gasteiger partial charge on any atom is 0.0829 e. The van der Waals surface area contributed by atoms with E-state index in [0.717, 1.165) is 39.4 Å². The molecule has 0 aliphatic carbocycles. The van der Waals surface area contributed by atoms with Gasteiger partial charge in [-0.15, -0.1) is 12.4 Å². The van der Waals surface area contributed by atoms with E-state index in [2.05, 4.69) is 98.6 Å². The molecule has 5 heteroatoms. The minimum Gasteiger partial charge on any atom is -0.375 e. The molecule has 0 atom stereocenters. The second-order valence-corrected chi connectivity index (χ2v) is 9.53. The molecule has 4 nitrogen and oxygen atoms in total. The maximum atomic E-state index is 5.95. The molecule has 0 spiro atoms. The van der Waals surface area contributed by atoms with Crippen LogP contribution in [0.5, 0.6) is 0 Å². The van der Waals surface area contributed by atoms with Gasteiger partial charge in [-0.1, -0.05) is 102 Å². The Balaban J connectivity index is 0.000000407. The summed E-state index contributed by atoms with van der Waals surface area (Å²) in [5.74, 6) is 1.28. The van der Waals surface area contributed by atoms with Crippen molar-refractivity contribution in [2.24, 2.45) is 11.8 Å². The molecule has 2 heterocycles. The number of hydrogen-bond donors (Lipinski definition) is 1. The highest BCUT2D eigenvalue weighted by Gasteiger charge is 2.34. The molecule has 1 N–H and O–H groups in total. The Morgan fingerprint density at radius 2 is 1.15 bits per heavy atom. The van der Waals surface area contributed by atoms with Crippen LogP contribution in [0.3, 0.4) is 0 Å². The van der Waals surface area contributed by atoms with E-state index in [1.54, 1.807) is 0 Å². The highest BCUT2D eigenvalue weighted by Crippen LogP contribution is 2.33. The Morgan fingerprint density at radius 3 is 1.50 bits per heavy atom. The summed E-state index contributed by atoms with van der Waals surface area (Å²) in [5, 5.41) is 3.16. The van der Waals surface area contributed by atoms with Crippen LogP contribution in [0.2, 0.25) is 0 Å². The quantitative estimate of drug-likeness (QED) is 0.453. The van der Waals surface area contributed by atoms with Crippen LogP contribution in [0.15, 0.2) is 60.7 Å². The Labute approximate surface area is 214 Å². The number of nitrogens with one attached hydrogen (secondary N) is 1. The molecule has 2 fully saturated rings. The van der Waals surface area contributed by atoms with E-state index in [4.69, 9.17) is 9.47 Å². The largest absolute Gasteiger partial charge is 0.375 e. The third-order valence-corrected chi connectivity index (χ3v) is 5.55. The van der Waals surface area contributed by atoms with Gasteiger partial charge in [0, 0.05) is 39.4 Å². The van der Waals surface area contributed by atoms with Crippen LogP contribution < -0.4 is 5.32 Å². The van der Waals surface area contributed by atoms with E-state index in [0.29, 0.717) is 30.1 Å². The molecule has 0 unspecified atom stereocenters. The summed E-state index contributed by atoms with van der Waals surface area (Å²) < 4.78 is 11.4. The van der Waals surface area contributed by atoms with E-state index < -0.39 is 0 Å². The number of halogens is 1. The second-order valence-electron chi connectivity index (χ2n) is 9.53. The lowest BCUT2D eigenvalue weighted by atomic mass is 9.94. The fourth-order valence-corrected chi connectivity index (χ4v) is 3.71. The number of benzene rings is 2. The normalized spacial score (nSPS) is 16.0. The van der Waals surface area contributed by atoms with E-state index in [1.807, 2.05) is 13.8 Å². The van der Waals surface area contributed by atoms with Crippen molar-refractivity contribution in [3.8, 4) is 0 Å². The molecule has 34 heavy (non-hydrogen) atoms. The number of likely N-dealkylation sites (tertiary alicyclic amines) is 1. The monoisotopic (exact) mass is 490 g/mol. The van der Waals surface area contributed by atoms with Crippen LogP contribution in [0.25, 0.3) is 0 Å². The van der Waals surface area contributed by atoms with E-state index in [1.165, 1.54) is 11.1 Å². The van der Waals surface area contributed by atoms with Gasteiger partial charge in [0.25, 0.3) is 0 Å². The Kier molecular flexibility index (Phi) is 15.4. The maximum absolute atomic E-state index is 5.95.